The number of hydrogen-bond donors (Lipinski definition) is 0. The van der Waals surface area contributed by atoms with Gasteiger partial charge >= 0.3 is 0 Å². The van der Waals surface area contributed by atoms with E-state index in [2.05, 4.69) is 6.58 Å². The molecule has 1 aromatic rings. The maximum atomic E-state index is 12.1. The molecule has 1 aliphatic rings. The van der Waals surface area contributed by atoms with Gasteiger partial charge in [-0.25, -0.2) is 0 Å². The fourth-order valence-corrected chi connectivity index (χ4v) is 1.92. The molecule has 0 saturated heterocycles. The van der Waals surface area contributed by atoms with Crippen molar-refractivity contribution >= 4 is 17.5 Å². The normalized spacial score (nSPS) is 15.6. The molecule has 0 saturated carbocycles. The van der Waals surface area contributed by atoms with E-state index in [1.807, 2.05) is 6.07 Å². The molecule has 4 heteroatoms. The van der Waals surface area contributed by atoms with Crippen molar-refractivity contribution < 1.29 is 9.59 Å². The van der Waals surface area contributed by atoms with E-state index in [4.69, 9.17) is 0 Å². The van der Waals surface area contributed by atoms with Crippen molar-refractivity contribution in [1.29, 1.82) is 0 Å². The van der Waals surface area contributed by atoms with E-state index >= 15 is 0 Å². The second-order valence-electron chi connectivity index (χ2n) is 3.97. The molecule has 0 bridgehead atoms. The Morgan fingerprint density at radius 3 is 2.76 bits per heavy atom. The van der Waals surface area contributed by atoms with Crippen LogP contribution in [-0.2, 0) is 4.79 Å². The quantitative estimate of drug-likeness (QED) is 0.718. The maximum absolute atomic E-state index is 12.1. The largest absolute Gasteiger partial charge is 0.332 e. The maximum Gasteiger partial charge on any atom is 0.256 e. The zero-order chi connectivity index (χ0) is 12.4. The lowest BCUT2D eigenvalue weighted by Crippen LogP contribution is -2.37. The third-order valence-electron chi connectivity index (χ3n) is 2.76. The molecule has 0 atom stereocenters. The summed E-state index contributed by atoms with van der Waals surface area (Å²) in [4.78, 5) is 27.1. The summed E-state index contributed by atoms with van der Waals surface area (Å²) in [7, 11) is 1.63. The molecule has 0 aliphatic carbocycles. The zero-order valence-corrected chi connectivity index (χ0v) is 9.72. The van der Waals surface area contributed by atoms with Crippen molar-refractivity contribution in [2.75, 3.05) is 25.0 Å². The lowest BCUT2D eigenvalue weighted by Gasteiger charge is -2.20. The number of carbonyl (C=O) groups excluding carboxylic acids is 2. The van der Waals surface area contributed by atoms with Crippen molar-refractivity contribution in [1.82, 2.24) is 4.90 Å². The molecule has 0 radical (unpaired) electrons. The number of hydrogen-bond acceptors (Lipinski definition) is 2. The van der Waals surface area contributed by atoms with Gasteiger partial charge in [0.25, 0.3) is 5.91 Å². The molecular weight excluding hydrogens is 216 g/mol. The van der Waals surface area contributed by atoms with Crippen LogP contribution < -0.4 is 4.90 Å². The lowest BCUT2D eigenvalue weighted by atomic mass is 10.1. The number of benzene rings is 1. The summed E-state index contributed by atoms with van der Waals surface area (Å²) >= 11 is 0. The van der Waals surface area contributed by atoms with Crippen molar-refractivity contribution in [3.8, 4) is 0 Å². The number of nitrogens with zero attached hydrogens (tertiary/aromatic N) is 2. The summed E-state index contributed by atoms with van der Waals surface area (Å²) < 4.78 is 0. The minimum absolute atomic E-state index is 0.0919. The van der Waals surface area contributed by atoms with Crippen LogP contribution in [0.5, 0.6) is 0 Å². The van der Waals surface area contributed by atoms with E-state index in [1.54, 1.807) is 36.2 Å². The SMILES string of the molecule is C=CCN1C(=O)CN(C)C(=O)c2ccccc21. The van der Waals surface area contributed by atoms with Crippen LogP contribution in [-0.4, -0.2) is 36.9 Å². The first-order valence-corrected chi connectivity index (χ1v) is 5.41. The summed E-state index contributed by atoms with van der Waals surface area (Å²) in [5.41, 5.74) is 1.22. The van der Waals surface area contributed by atoms with Gasteiger partial charge in [0.2, 0.25) is 5.91 Å². The molecular formula is C13H14N2O2. The highest BCUT2D eigenvalue weighted by Crippen LogP contribution is 2.24. The number of para-hydroxylation sites is 1. The number of amides is 2. The first-order valence-electron chi connectivity index (χ1n) is 5.41. The van der Waals surface area contributed by atoms with Crippen molar-refractivity contribution in [3.63, 3.8) is 0 Å². The molecule has 2 rings (SSSR count). The second kappa shape index (κ2) is 4.41. The number of rotatable bonds is 2. The van der Waals surface area contributed by atoms with Gasteiger partial charge in [0.15, 0.2) is 0 Å². The summed E-state index contributed by atoms with van der Waals surface area (Å²) in [5.74, 6) is -0.216. The van der Waals surface area contributed by atoms with Crippen LogP contribution >= 0.6 is 0 Å². The Hall–Kier alpha value is -2.10. The second-order valence-corrected chi connectivity index (χ2v) is 3.97. The van der Waals surface area contributed by atoms with Crippen LogP contribution in [0.1, 0.15) is 10.4 Å². The Morgan fingerprint density at radius 2 is 2.06 bits per heavy atom. The number of likely N-dealkylation sites (N-methyl/N-ethyl adjacent to an activating group) is 1. The number of anilines is 1. The summed E-state index contributed by atoms with van der Waals surface area (Å²) in [5, 5.41) is 0. The Bertz CT molecular complexity index is 482. The summed E-state index contributed by atoms with van der Waals surface area (Å²) in [6.07, 6.45) is 1.66. The van der Waals surface area contributed by atoms with Gasteiger partial charge in [-0.3, -0.25) is 9.59 Å². The third-order valence-corrected chi connectivity index (χ3v) is 2.76. The topological polar surface area (TPSA) is 40.6 Å². The lowest BCUT2D eigenvalue weighted by molar-refractivity contribution is -0.118. The standard InChI is InChI=1S/C13H14N2O2/c1-3-8-15-11-7-5-4-6-10(11)13(17)14(2)9-12(15)16/h3-7H,1,8-9H2,2H3. The van der Waals surface area contributed by atoms with E-state index in [0.29, 0.717) is 17.8 Å². The first kappa shape index (κ1) is 11.4. The third kappa shape index (κ3) is 1.93. The predicted octanol–water partition coefficient (Wildman–Crippen LogP) is 1.29. The Labute approximate surface area is 100 Å². The van der Waals surface area contributed by atoms with Gasteiger partial charge in [0.05, 0.1) is 11.3 Å². The molecule has 1 aliphatic heterocycles. The zero-order valence-electron chi connectivity index (χ0n) is 9.72. The van der Waals surface area contributed by atoms with Gasteiger partial charge in [-0.1, -0.05) is 18.2 Å². The fourth-order valence-electron chi connectivity index (χ4n) is 1.92. The van der Waals surface area contributed by atoms with E-state index in [-0.39, 0.29) is 18.4 Å². The van der Waals surface area contributed by atoms with Gasteiger partial charge in [-0.2, -0.15) is 0 Å². The van der Waals surface area contributed by atoms with Crippen LogP contribution in [0.25, 0.3) is 0 Å². The molecule has 0 aromatic heterocycles. The average molecular weight is 230 g/mol. The van der Waals surface area contributed by atoms with Gasteiger partial charge in [0, 0.05) is 13.6 Å². The molecule has 1 aromatic carbocycles. The molecule has 0 N–H and O–H groups in total. The van der Waals surface area contributed by atoms with Crippen LogP contribution in [0.2, 0.25) is 0 Å². The van der Waals surface area contributed by atoms with E-state index in [1.165, 1.54) is 4.90 Å². The van der Waals surface area contributed by atoms with E-state index in [9.17, 15) is 9.59 Å². The molecule has 0 fully saturated rings. The van der Waals surface area contributed by atoms with Crippen LogP contribution in [0.3, 0.4) is 0 Å². The smallest absolute Gasteiger partial charge is 0.256 e. The van der Waals surface area contributed by atoms with E-state index < -0.39 is 0 Å². The Kier molecular flexibility index (Phi) is 2.95. The molecule has 0 spiro atoms. The molecule has 17 heavy (non-hydrogen) atoms. The fraction of sp³-hybridized carbons (Fsp3) is 0.231. The first-order chi connectivity index (χ1) is 8.15. The number of carbonyl (C=O) groups is 2. The monoisotopic (exact) mass is 230 g/mol. The number of fused-ring (bicyclic) bond motifs is 1. The van der Waals surface area contributed by atoms with Crippen LogP contribution in [0, 0.1) is 0 Å². The van der Waals surface area contributed by atoms with Crippen LogP contribution in [0.15, 0.2) is 36.9 Å². The molecule has 4 nitrogen and oxygen atoms in total. The molecule has 1 heterocycles. The molecule has 2 amide bonds. The van der Waals surface area contributed by atoms with Crippen molar-refractivity contribution in [2.24, 2.45) is 0 Å². The van der Waals surface area contributed by atoms with Gasteiger partial charge in [-0.15, -0.1) is 6.58 Å². The highest BCUT2D eigenvalue weighted by atomic mass is 16.2. The van der Waals surface area contributed by atoms with Crippen molar-refractivity contribution in [3.05, 3.63) is 42.5 Å². The van der Waals surface area contributed by atoms with Crippen molar-refractivity contribution in [2.45, 2.75) is 0 Å². The average Bonchev–Trinajstić information content (AvgIpc) is 2.42. The summed E-state index contributed by atoms with van der Waals surface area (Å²) in [6, 6.07) is 7.14. The summed E-state index contributed by atoms with van der Waals surface area (Å²) in [6.45, 7) is 4.15. The predicted molar refractivity (Wildman–Crippen MR) is 66.0 cm³/mol. The highest BCUT2D eigenvalue weighted by Gasteiger charge is 2.28. The van der Waals surface area contributed by atoms with Gasteiger partial charge in [0.1, 0.15) is 6.54 Å². The van der Waals surface area contributed by atoms with Crippen LogP contribution in [0.4, 0.5) is 5.69 Å². The highest BCUT2D eigenvalue weighted by molar-refractivity contribution is 6.09. The molecule has 0 unspecified atom stereocenters. The van der Waals surface area contributed by atoms with E-state index in [0.717, 1.165) is 0 Å². The minimum atomic E-state index is -0.125. The Balaban J connectivity index is 2.56. The minimum Gasteiger partial charge on any atom is -0.332 e. The molecule has 88 valence electrons. The Morgan fingerprint density at radius 1 is 1.35 bits per heavy atom. The van der Waals surface area contributed by atoms with Gasteiger partial charge in [-0.05, 0) is 12.1 Å². The van der Waals surface area contributed by atoms with Gasteiger partial charge < -0.3 is 9.80 Å².